The molecule has 0 aliphatic carbocycles. The molecule has 1 amide bonds. The number of hydrogen-bond acceptors (Lipinski definition) is 7. The molecule has 3 aromatic carbocycles. The van der Waals surface area contributed by atoms with E-state index >= 15 is 0 Å². The third kappa shape index (κ3) is 6.11. The van der Waals surface area contributed by atoms with Crippen LogP contribution < -0.4 is 14.9 Å². The number of aryl methyl sites for hydroxylation is 1. The Morgan fingerprint density at radius 3 is 2.56 bits per heavy atom. The second-order valence-corrected chi connectivity index (χ2v) is 8.71. The highest BCUT2D eigenvalue weighted by Crippen LogP contribution is 2.29. The highest BCUT2D eigenvalue weighted by molar-refractivity contribution is 7.99. The van der Waals surface area contributed by atoms with Crippen LogP contribution >= 0.6 is 11.8 Å². The maximum absolute atomic E-state index is 12.5. The number of benzene rings is 3. The van der Waals surface area contributed by atoms with Crippen molar-refractivity contribution in [2.75, 3.05) is 19.5 Å². The highest BCUT2D eigenvalue weighted by Gasteiger charge is 2.17. The molecular formula is C27H27N5O3S. The van der Waals surface area contributed by atoms with Crippen LogP contribution in [0.1, 0.15) is 18.1 Å². The fourth-order valence-electron chi connectivity index (χ4n) is 3.44. The number of nitrogens with one attached hydrogen (secondary N) is 1. The van der Waals surface area contributed by atoms with Gasteiger partial charge >= 0.3 is 0 Å². The number of hydrogen-bond donors (Lipinski definition) is 1. The SMILES string of the molecule is CCOc1ccc(/C=N/NC(=O)CSc2nnc(-c3ccc(C)cc3)n2-c2ccccc2)cc1OC. The lowest BCUT2D eigenvalue weighted by Crippen LogP contribution is -2.20. The number of ether oxygens (including phenoxy) is 2. The van der Waals surface area contributed by atoms with Crippen LogP contribution in [0.2, 0.25) is 0 Å². The molecule has 0 aliphatic heterocycles. The molecule has 1 heterocycles. The number of methoxy groups -OCH3 is 1. The van der Waals surface area contributed by atoms with Gasteiger partial charge in [0.2, 0.25) is 0 Å². The predicted octanol–water partition coefficient (Wildman–Crippen LogP) is 4.89. The van der Waals surface area contributed by atoms with Crippen LogP contribution in [0.25, 0.3) is 17.1 Å². The smallest absolute Gasteiger partial charge is 0.250 e. The van der Waals surface area contributed by atoms with Crippen molar-refractivity contribution >= 4 is 23.9 Å². The Bertz CT molecular complexity index is 1340. The van der Waals surface area contributed by atoms with Gasteiger partial charge in [-0.3, -0.25) is 9.36 Å². The zero-order valence-electron chi connectivity index (χ0n) is 20.3. The van der Waals surface area contributed by atoms with Crippen LogP contribution in [-0.4, -0.2) is 46.4 Å². The lowest BCUT2D eigenvalue weighted by atomic mass is 10.1. The van der Waals surface area contributed by atoms with Crippen molar-refractivity contribution in [1.82, 2.24) is 20.2 Å². The van der Waals surface area contributed by atoms with Crippen molar-refractivity contribution in [1.29, 1.82) is 0 Å². The maximum atomic E-state index is 12.5. The van der Waals surface area contributed by atoms with Crippen LogP contribution in [0.15, 0.2) is 83.1 Å². The van der Waals surface area contributed by atoms with Gasteiger partial charge in [-0.2, -0.15) is 5.10 Å². The standard InChI is InChI=1S/C27H27N5O3S/c1-4-35-23-15-12-20(16-24(23)34-3)17-28-29-25(33)18-36-27-31-30-26(21-13-10-19(2)11-14-21)32(27)22-8-6-5-7-9-22/h5-17H,4,18H2,1-3H3,(H,29,33)/b28-17+. The van der Waals surface area contributed by atoms with Crippen LogP contribution in [-0.2, 0) is 4.79 Å². The number of amides is 1. The summed E-state index contributed by atoms with van der Waals surface area (Å²) in [7, 11) is 1.58. The van der Waals surface area contributed by atoms with Gasteiger partial charge in [-0.1, -0.05) is 59.8 Å². The lowest BCUT2D eigenvalue weighted by Gasteiger charge is -2.10. The number of aromatic nitrogens is 3. The number of hydrazone groups is 1. The molecule has 4 rings (SSSR count). The fraction of sp³-hybridized carbons (Fsp3) is 0.185. The molecule has 0 aliphatic rings. The molecule has 0 saturated carbocycles. The Kier molecular flexibility index (Phi) is 8.36. The third-order valence-corrected chi connectivity index (χ3v) is 6.11. The van der Waals surface area contributed by atoms with Crippen molar-refractivity contribution in [3.63, 3.8) is 0 Å². The summed E-state index contributed by atoms with van der Waals surface area (Å²) < 4.78 is 12.8. The van der Waals surface area contributed by atoms with E-state index in [0.29, 0.717) is 29.1 Å². The van der Waals surface area contributed by atoms with E-state index in [1.54, 1.807) is 19.4 Å². The molecule has 0 unspecified atom stereocenters. The van der Waals surface area contributed by atoms with Gasteiger partial charge < -0.3 is 9.47 Å². The summed E-state index contributed by atoms with van der Waals surface area (Å²) in [6.07, 6.45) is 1.56. The summed E-state index contributed by atoms with van der Waals surface area (Å²) in [4.78, 5) is 12.5. The molecule has 0 atom stereocenters. The molecule has 0 saturated heterocycles. The first kappa shape index (κ1) is 25.0. The molecule has 1 N–H and O–H groups in total. The predicted molar refractivity (Wildman–Crippen MR) is 142 cm³/mol. The van der Waals surface area contributed by atoms with Gasteiger partial charge in [0, 0.05) is 11.3 Å². The van der Waals surface area contributed by atoms with Crippen molar-refractivity contribution in [3.05, 3.63) is 83.9 Å². The summed E-state index contributed by atoms with van der Waals surface area (Å²) in [6.45, 7) is 4.50. The molecule has 9 heteroatoms. The minimum atomic E-state index is -0.256. The fourth-order valence-corrected chi connectivity index (χ4v) is 4.19. The van der Waals surface area contributed by atoms with E-state index in [-0.39, 0.29) is 11.7 Å². The largest absolute Gasteiger partial charge is 0.493 e. The first-order chi connectivity index (χ1) is 17.6. The number of carbonyl (C=O) groups is 1. The molecule has 184 valence electrons. The molecule has 4 aromatic rings. The van der Waals surface area contributed by atoms with Crippen LogP contribution in [0.3, 0.4) is 0 Å². The van der Waals surface area contributed by atoms with Crippen LogP contribution in [0.5, 0.6) is 11.5 Å². The number of para-hydroxylation sites is 1. The van der Waals surface area contributed by atoms with E-state index in [1.807, 2.05) is 85.1 Å². The van der Waals surface area contributed by atoms with E-state index in [9.17, 15) is 4.79 Å². The number of carbonyl (C=O) groups excluding carboxylic acids is 1. The summed E-state index contributed by atoms with van der Waals surface area (Å²) in [6, 6.07) is 23.4. The molecular weight excluding hydrogens is 474 g/mol. The normalized spacial score (nSPS) is 11.0. The van der Waals surface area contributed by atoms with Gasteiger partial charge in [0.1, 0.15) is 0 Å². The van der Waals surface area contributed by atoms with Crippen molar-refractivity contribution in [3.8, 4) is 28.6 Å². The number of thioether (sulfide) groups is 1. The van der Waals surface area contributed by atoms with E-state index in [0.717, 1.165) is 16.8 Å². The molecule has 1 aromatic heterocycles. The molecule has 0 spiro atoms. The number of rotatable bonds is 10. The maximum Gasteiger partial charge on any atom is 0.250 e. The van der Waals surface area contributed by atoms with Gasteiger partial charge in [0.05, 0.1) is 25.7 Å². The van der Waals surface area contributed by atoms with Crippen molar-refractivity contribution in [2.24, 2.45) is 5.10 Å². The number of nitrogens with zero attached hydrogens (tertiary/aromatic N) is 4. The van der Waals surface area contributed by atoms with Crippen molar-refractivity contribution < 1.29 is 14.3 Å². The van der Waals surface area contributed by atoms with E-state index in [1.165, 1.54) is 17.3 Å². The van der Waals surface area contributed by atoms with Gasteiger partial charge in [-0.15, -0.1) is 10.2 Å². The molecule has 0 fully saturated rings. The Balaban J connectivity index is 1.45. The molecule has 36 heavy (non-hydrogen) atoms. The zero-order valence-corrected chi connectivity index (χ0v) is 21.2. The van der Waals surface area contributed by atoms with Crippen LogP contribution in [0.4, 0.5) is 0 Å². The van der Waals surface area contributed by atoms with E-state index in [4.69, 9.17) is 9.47 Å². The first-order valence-corrected chi connectivity index (χ1v) is 12.4. The van der Waals surface area contributed by atoms with Gasteiger partial charge in [-0.25, -0.2) is 5.43 Å². The zero-order chi connectivity index (χ0) is 25.3. The first-order valence-electron chi connectivity index (χ1n) is 11.4. The third-order valence-electron chi connectivity index (χ3n) is 5.18. The van der Waals surface area contributed by atoms with Gasteiger partial charge in [0.15, 0.2) is 22.5 Å². The molecule has 8 nitrogen and oxygen atoms in total. The minimum Gasteiger partial charge on any atom is -0.493 e. The summed E-state index contributed by atoms with van der Waals surface area (Å²) >= 11 is 1.30. The Hall–Kier alpha value is -4.11. The van der Waals surface area contributed by atoms with Crippen molar-refractivity contribution in [2.45, 2.75) is 19.0 Å². The average molecular weight is 502 g/mol. The summed E-state index contributed by atoms with van der Waals surface area (Å²) in [5.41, 5.74) is 6.37. The Morgan fingerprint density at radius 2 is 1.83 bits per heavy atom. The Morgan fingerprint density at radius 1 is 1.06 bits per heavy atom. The quantitative estimate of drug-likeness (QED) is 0.189. The lowest BCUT2D eigenvalue weighted by molar-refractivity contribution is -0.118. The molecule has 0 bridgehead atoms. The minimum absolute atomic E-state index is 0.128. The Labute approximate surface area is 214 Å². The second-order valence-electron chi connectivity index (χ2n) is 7.77. The molecule has 0 radical (unpaired) electrons. The average Bonchev–Trinajstić information content (AvgIpc) is 3.33. The monoisotopic (exact) mass is 501 g/mol. The highest BCUT2D eigenvalue weighted by atomic mass is 32.2. The van der Waals surface area contributed by atoms with Gasteiger partial charge in [0.25, 0.3) is 5.91 Å². The second kappa shape index (κ2) is 12.0. The van der Waals surface area contributed by atoms with Crippen LogP contribution in [0, 0.1) is 6.92 Å². The van der Waals surface area contributed by atoms with Gasteiger partial charge in [-0.05, 0) is 49.7 Å². The van der Waals surface area contributed by atoms with E-state index in [2.05, 4.69) is 20.7 Å². The topological polar surface area (TPSA) is 90.6 Å². The summed E-state index contributed by atoms with van der Waals surface area (Å²) in [5, 5.41) is 13.5. The van der Waals surface area contributed by atoms with E-state index < -0.39 is 0 Å². The summed E-state index contributed by atoms with van der Waals surface area (Å²) in [5.74, 6) is 1.85.